The lowest BCUT2D eigenvalue weighted by atomic mass is 9.77. The van der Waals surface area contributed by atoms with E-state index in [0.717, 1.165) is 19.4 Å². The van der Waals surface area contributed by atoms with Gasteiger partial charge in [0.1, 0.15) is 0 Å². The highest BCUT2D eigenvalue weighted by Gasteiger charge is 2.38. The monoisotopic (exact) mass is 290 g/mol. The number of nitrogens with one attached hydrogen (secondary N) is 2. The Labute approximate surface area is 116 Å². The van der Waals surface area contributed by atoms with Gasteiger partial charge in [-0.25, -0.2) is 8.42 Å². The third kappa shape index (κ3) is 3.92. The summed E-state index contributed by atoms with van der Waals surface area (Å²) < 4.78 is 22.3. The van der Waals surface area contributed by atoms with Crippen molar-refractivity contribution >= 4 is 15.7 Å². The van der Waals surface area contributed by atoms with Crippen LogP contribution in [-0.2, 0) is 14.6 Å². The van der Waals surface area contributed by atoms with Gasteiger partial charge in [0, 0.05) is 12.8 Å². The Morgan fingerprint density at radius 2 is 2.00 bits per heavy atom. The maximum atomic E-state index is 12.2. The molecule has 0 radical (unpaired) electrons. The minimum Gasteiger partial charge on any atom is -0.353 e. The number of carbonyl (C=O) groups is 1. The van der Waals surface area contributed by atoms with Gasteiger partial charge in [0.25, 0.3) is 0 Å². The summed E-state index contributed by atoms with van der Waals surface area (Å²) in [5.41, 5.74) is -0.0996. The van der Waals surface area contributed by atoms with Gasteiger partial charge in [0.15, 0.2) is 9.84 Å². The van der Waals surface area contributed by atoms with E-state index in [1.54, 1.807) is 13.8 Å². The second-order valence-electron chi connectivity index (χ2n) is 6.73. The van der Waals surface area contributed by atoms with Crippen molar-refractivity contribution in [3.05, 3.63) is 0 Å². The minimum absolute atomic E-state index is 0.0996. The molecular weight excluding hydrogens is 264 g/mol. The number of piperidine rings is 1. The Morgan fingerprint density at radius 3 is 2.47 bits per heavy atom. The largest absolute Gasteiger partial charge is 0.353 e. The van der Waals surface area contributed by atoms with Crippen LogP contribution in [0, 0.1) is 5.41 Å². The van der Waals surface area contributed by atoms with Gasteiger partial charge < -0.3 is 10.6 Å². The summed E-state index contributed by atoms with van der Waals surface area (Å²) >= 11 is 0. The zero-order chi connectivity index (χ0) is 14.9. The first-order valence-corrected chi connectivity index (χ1v) is 8.57. The molecule has 0 aromatic rings. The van der Waals surface area contributed by atoms with Crippen LogP contribution in [-0.4, -0.2) is 44.5 Å². The minimum atomic E-state index is -3.19. The summed E-state index contributed by atoms with van der Waals surface area (Å²) in [6.45, 7) is 8.34. The maximum absolute atomic E-state index is 12.2. The Kier molecular flexibility index (Phi) is 4.67. The number of sulfone groups is 1. The molecule has 112 valence electrons. The van der Waals surface area contributed by atoms with Crippen molar-refractivity contribution in [1.82, 2.24) is 10.6 Å². The van der Waals surface area contributed by atoms with E-state index in [0.29, 0.717) is 0 Å². The van der Waals surface area contributed by atoms with Crippen molar-refractivity contribution in [2.75, 3.05) is 19.3 Å². The van der Waals surface area contributed by atoms with Gasteiger partial charge in [0.05, 0.1) is 10.8 Å². The molecule has 1 aliphatic heterocycles. The van der Waals surface area contributed by atoms with E-state index in [-0.39, 0.29) is 23.9 Å². The number of carbonyl (C=O) groups excluding carboxylic acids is 1. The van der Waals surface area contributed by atoms with Gasteiger partial charge in [-0.15, -0.1) is 0 Å². The van der Waals surface area contributed by atoms with Crippen molar-refractivity contribution in [1.29, 1.82) is 0 Å². The van der Waals surface area contributed by atoms with E-state index in [9.17, 15) is 13.2 Å². The highest BCUT2D eigenvalue weighted by molar-refractivity contribution is 7.92. The lowest BCUT2D eigenvalue weighted by Gasteiger charge is -2.38. The molecule has 1 amide bonds. The van der Waals surface area contributed by atoms with Gasteiger partial charge in [-0.3, -0.25) is 4.79 Å². The van der Waals surface area contributed by atoms with Crippen LogP contribution in [0.2, 0.25) is 0 Å². The van der Waals surface area contributed by atoms with Crippen LogP contribution in [0.4, 0.5) is 0 Å². The standard InChI is InChI=1S/C13H26N2O3S/c1-12(2)7-6-8-14-10(12)11(16)15-9-13(3,4)19(5,17)18/h10,14H,6-9H2,1-5H3,(H,15,16). The zero-order valence-electron chi connectivity index (χ0n) is 12.5. The molecule has 1 rings (SSSR count). The lowest BCUT2D eigenvalue weighted by molar-refractivity contribution is -0.126. The molecule has 0 aromatic heterocycles. The van der Waals surface area contributed by atoms with Crippen LogP contribution >= 0.6 is 0 Å². The summed E-state index contributed by atoms with van der Waals surface area (Å²) in [7, 11) is -3.19. The van der Waals surface area contributed by atoms with Crippen LogP contribution in [0.5, 0.6) is 0 Å². The summed E-state index contributed by atoms with van der Waals surface area (Å²) in [5.74, 6) is -0.110. The van der Waals surface area contributed by atoms with Gasteiger partial charge >= 0.3 is 0 Å². The molecule has 0 aliphatic carbocycles. The van der Waals surface area contributed by atoms with Crippen LogP contribution in [0.15, 0.2) is 0 Å². The third-order valence-corrected chi connectivity index (χ3v) is 6.23. The molecule has 1 atom stereocenters. The van der Waals surface area contributed by atoms with Gasteiger partial charge in [-0.05, 0) is 38.6 Å². The van der Waals surface area contributed by atoms with Crippen LogP contribution < -0.4 is 10.6 Å². The van der Waals surface area contributed by atoms with Crippen LogP contribution in [0.3, 0.4) is 0 Å². The molecule has 2 N–H and O–H groups in total. The third-order valence-electron chi connectivity index (χ3n) is 4.08. The van der Waals surface area contributed by atoms with Gasteiger partial charge in [-0.2, -0.15) is 0 Å². The van der Waals surface area contributed by atoms with Crippen molar-refractivity contribution in [3.8, 4) is 0 Å². The summed E-state index contributed by atoms with van der Waals surface area (Å²) in [5, 5.41) is 6.00. The van der Waals surface area contributed by atoms with Crippen LogP contribution in [0.25, 0.3) is 0 Å². The van der Waals surface area contributed by atoms with E-state index in [1.807, 2.05) is 0 Å². The van der Waals surface area contributed by atoms with Crippen molar-refractivity contribution in [3.63, 3.8) is 0 Å². The average Bonchev–Trinajstić information content (AvgIpc) is 2.24. The van der Waals surface area contributed by atoms with E-state index in [2.05, 4.69) is 24.5 Å². The highest BCUT2D eigenvalue weighted by atomic mass is 32.2. The Morgan fingerprint density at radius 1 is 1.42 bits per heavy atom. The number of amides is 1. The molecule has 19 heavy (non-hydrogen) atoms. The van der Waals surface area contributed by atoms with Crippen molar-refractivity contribution < 1.29 is 13.2 Å². The topological polar surface area (TPSA) is 75.3 Å². The molecular formula is C13H26N2O3S. The normalized spacial score (nSPS) is 23.9. The molecule has 1 heterocycles. The molecule has 1 unspecified atom stereocenters. The predicted molar refractivity (Wildman–Crippen MR) is 76.7 cm³/mol. The van der Waals surface area contributed by atoms with E-state index in [1.165, 1.54) is 6.26 Å². The van der Waals surface area contributed by atoms with E-state index >= 15 is 0 Å². The fraction of sp³-hybridized carbons (Fsp3) is 0.923. The molecule has 1 saturated heterocycles. The second-order valence-corrected chi connectivity index (χ2v) is 9.38. The molecule has 0 bridgehead atoms. The average molecular weight is 290 g/mol. The van der Waals surface area contributed by atoms with Crippen molar-refractivity contribution in [2.45, 2.75) is 51.3 Å². The lowest BCUT2D eigenvalue weighted by Crippen LogP contribution is -2.57. The molecule has 1 fully saturated rings. The summed E-state index contributed by atoms with van der Waals surface area (Å²) in [6, 6.07) is -0.253. The molecule has 0 aromatic carbocycles. The first-order valence-electron chi connectivity index (χ1n) is 6.68. The first-order chi connectivity index (χ1) is 8.47. The van der Waals surface area contributed by atoms with Gasteiger partial charge in [-0.1, -0.05) is 13.8 Å². The zero-order valence-corrected chi connectivity index (χ0v) is 13.4. The first kappa shape index (κ1) is 16.4. The maximum Gasteiger partial charge on any atom is 0.237 e. The van der Waals surface area contributed by atoms with E-state index < -0.39 is 14.6 Å². The van der Waals surface area contributed by atoms with Crippen LogP contribution in [0.1, 0.15) is 40.5 Å². The molecule has 0 saturated carbocycles. The Balaban J connectivity index is 2.66. The van der Waals surface area contributed by atoms with Gasteiger partial charge in [0.2, 0.25) is 5.91 Å². The Hall–Kier alpha value is -0.620. The molecule has 5 nitrogen and oxygen atoms in total. The SMILES string of the molecule is CC1(C)CCCNC1C(=O)NCC(C)(C)S(C)(=O)=O. The predicted octanol–water partition coefficient (Wildman–Crippen LogP) is 0.704. The fourth-order valence-electron chi connectivity index (χ4n) is 2.19. The van der Waals surface area contributed by atoms with E-state index in [4.69, 9.17) is 0 Å². The quantitative estimate of drug-likeness (QED) is 0.799. The molecule has 1 aliphatic rings. The summed E-state index contributed by atoms with van der Waals surface area (Å²) in [6.07, 6.45) is 3.25. The number of rotatable bonds is 4. The number of hydrogen-bond donors (Lipinski definition) is 2. The fourth-order valence-corrected chi connectivity index (χ4v) is 2.53. The highest BCUT2D eigenvalue weighted by Crippen LogP contribution is 2.30. The Bertz CT molecular complexity index is 441. The second kappa shape index (κ2) is 5.40. The molecule has 6 heteroatoms. The van der Waals surface area contributed by atoms with Crippen molar-refractivity contribution in [2.24, 2.45) is 5.41 Å². The smallest absolute Gasteiger partial charge is 0.237 e. The summed E-state index contributed by atoms with van der Waals surface area (Å²) in [4.78, 5) is 12.2. The number of hydrogen-bond acceptors (Lipinski definition) is 4. The molecule has 0 spiro atoms.